The lowest BCUT2D eigenvalue weighted by atomic mass is 9.90. The van der Waals surface area contributed by atoms with Gasteiger partial charge in [0.2, 0.25) is 11.8 Å². The third-order valence-corrected chi connectivity index (χ3v) is 6.07. The molecule has 3 rings (SSSR count). The zero-order chi connectivity index (χ0) is 22.4. The first-order valence-electron chi connectivity index (χ1n) is 10.5. The molecule has 31 heavy (non-hydrogen) atoms. The van der Waals surface area contributed by atoms with Crippen molar-refractivity contribution in [2.75, 3.05) is 0 Å². The van der Waals surface area contributed by atoms with Gasteiger partial charge in [-0.15, -0.1) is 0 Å². The summed E-state index contributed by atoms with van der Waals surface area (Å²) in [6.07, 6.45) is 2.24. The van der Waals surface area contributed by atoms with Gasteiger partial charge in [-0.2, -0.15) is 12.6 Å². The molecule has 2 aromatic carbocycles. The van der Waals surface area contributed by atoms with E-state index in [0.717, 1.165) is 17.5 Å². The number of nitrogens with zero attached hydrogens (tertiary/aromatic N) is 1. The SMILES string of the molecule is CC(NC(=O)C(S)Cc1ccccc1)C(=O)N1C(C(=O)O)CCCC1c1ccccc1. The minimum absolute atomic E-state index is 0.334. The molecule has 0 aromatic heterocycles. The van der Waals surface area contributed by atoms with Crippen molar-refractivity contribution < 1.29 is 19.5 Å². The quantitative estimate of drug-likeness (QED) is 0.577. The Morgan fingerprint density at radius 3 is 2.29 bits per heavy atom. The maximum absolute atomic E-state index is 13.3. The summed E-state index contributed by atoms with van der Waals surface area (Å²) < 4.78 is 0. The Hall–Kier alpha value is -2.80. The summed E-state index contributed by atoms with van der Waals surface area (Å²) in [5.41, 5.74) is 1.87. The highest BCUT2D eigenvalue weighted by Crippen LogP contribution is 2.35. The Balaban J connectivity index is 1.73. The zero-order valence-corrected chi connectivity index (χ0v) is 18.4. The number of carbonyl (C=O) groups is 3. The highest BCUT2D eigenvalue weighted by Gasteiger charge is 2.40. The van der Waals surface area contributed by atoms with Gasteiger partial charge in [0.1, 0.15) is 12.1 Å². The van der Waals surface area contributed by atoms with E-state index < -0.39 is 29.2 Å². The van der Waals surface area contributed by atoms with Crippen LogP contribution in [0.4, 0.5) is 0 Å². The summed E-state index contributed by atoms with van der Waals surface area (Å²) >= 11 is 4.40. The lowest BCUT2D eigenvalue weighted by Gasteiger charge is -2.41. The molecule has 0 radical (unpaired) electrons. The molecule has 4 atom stereocenters. The molecule has 1 aliphatic heterocycles. The molecule has 0 saturated carbocycles. The minimum Gasteiger partial charge on any atom is -0.480 e. The van der Waals surface area contributed by atoms with E-state index in [4.69, 9.17) is 0 Å². The van der Waals surface area contributed by atoms with Crippen molar-refractivity contribution in [2.45, 2.75) is 56.0 Å². The lowest BCUT2D eigenvalue weighted by molar-refractivity contribution is -0.156. The number of thiol groups is 1. The number of rotatable bonds is 7. The first kappa shape index (κ1) is 22.9. The van der Waals surface area contributed by atoms with E-state index in [1.807, 2.05) is 60.7 Å². The van der Waals surface area contributed by atoms with Gasteiger partial charge in [0.25, 0.3) is 0 Å². The molecule has 164 valence electrons. The number of carboxylic acid groups (broad SMARTS) is 1. The Bertz CT molecular complexity index is 906. The van der Waals surface area contributed by atoms with Crippen LogP contribution < -0.4 is 5.32 Å². The fraction of sp³-hybridized carbons (Fsp3) is 0.375. The largest absolute Gasteiger partial charge is 0.480 e. The van der Waals surface area contributed by atoms with Crippen molar-refractivity contribution >= 4 is 30.4 Å². The third kappa shape index (κ3) is 5.67. The summed E-state index contributed by atoms with van der Waals surface area (Å²) in [6, 6.07) is 16.9. The van der Waals surface area contributed by atoms with Gasteiger partial charge in [0.15, 0.2) is 0 Å². The Kier molecular flexibility index (Phi) is 7.74. The number of hydrogen-bond acceptors (Lipinski definition) is 4. The number of carboxylic acids is 1. The zero-order valence-electron chi connectivity index (χ0n) is 17.5. The summed E-state index contributed by atoms with van der Waals surface area (Å²) in [7, 11) is 0. The van der Waals surface area contributed by atoms with Crippen LogP contribution in [0.25, 0.3) is 0 Å². The molecule has 2 N–H and O–H groups in total. The average molecular weight is 441 g/mol. The maximum Gasteiger partial charge on any atom is 0.326 e. The van der Waals surface area contributed by atoms with E-state index in [9.17, 15) is 19.5 Å². The van der Waals surface area contributed by atoms with Crippen molar-refractivity contribution in [3.05, 3.63) is 71.8 Å². The monoisotopic (exact) mass is 440 g/mol. The van der Waals surface area contributed by atoms with Gasteiger partial charge in [-0.1, -0.05) is 60.7 Å². The third-order valence-electron chi connectivity index (χ3n) is 5.65. The molecule has 4 unspecified atom stereocenters. The second-order valence-corrected chi connectivity index (χ2v) is 8.52. The van der Waals surface area contributed by atoms with Crippen molar-refractivity contribution in [2.24, 2.45) is 0 Å². The molecular weight excluding hydrogens is 412 g/mol. The fourth-order valence-electron chi connectivity index (χ4n) is 4.08. The molecule has 0 aliphatic carbocycles. The first-order chi connectivity index (χ1) is 14.9. The van der Waals surface area contributed by atoms with Crippen LogP contribution in [0.15, 0.2) is 60.7 Å². The highest BCUT2D eigenvalue weighted by atomic mass is 32.1. The number of nitrogens with one attached hydrogen (secondary N) is 1. The summed E-state index contributed by atoms with van der Waals surface area (Å²) in [5, 5.41) is 11.9. The van der Waals surface area contributed by atoms with E-state index in [-0.39, 0.29) is 11.9 Å². The number of hydrogen-bond donors (Lipinski definition) is 3. The maximum atomic E-state index is 13.3. The van der Waals surface area contributed by atoms with Crippen LogP contribution in [0.2, 0.25) is 0 Å². The van der Waals surface area contributed by atoms with Crippen LogP contribution in [0.5, 0.6) is 0 Å². The molecule has 1 heterocycles. The molecule has 2 amide bonds. The van der Waals surface area contributed by atoms with Crippen LogP contribution >= 0.6 is 12.6 Å². The van der Waals surface area contributed by atoms with Gasteiger partial charge in [0.05, 0.1) is 11.3 Å². The van der Waals surface area contributed by atoms with Gasteiger partial charge < -0.3 is 15.3 Å². The Morgan fingerprint density at radius 2 is 1.68 bits per heavy atom. The van der Waals surface area contributed by atoms with E-state index in [1.165, 1.54) is 4.90 Å². The van der Waals surface area contributed by atoms with Gasteiger partial charge >= 0.3 is 5.97 Å². The predicted octanol–water partition coefficient (Wildman–Crippen LogP) is 3.24. The normalized spacial score (nSPS) is 20.5. The van der Waals surface area contributed by atoms with Gasteiger partial charge in [-0.25, -0.2) is 4.79 Å². The number of piperidine rings is 1. The number of aliphatic carboxylic acids is 1. The lowest BCUT2D eigenvalue weighted by Crippen LogP contribution is -2.56. The molecule has 0 bridgehead atoms. The van der Waals surface area contributed by atoms with Crippen molar-refractivity contribution in [3.8, 4) is 0 Å². The minimum atomic E-state index is -1.02. The number of amides is 2. The van der Waals surface area contributed by atoms with Gasteiger partial charge in [-0.05, 0) is 43.7 Å². The van der Waals surface area contributed by atoms with E-state index in [2.05, 4.69) is 17.9 Å². The average Bonchev–Trinajstić information content (AvgIpc) is 2.79. The standard InChI is InChI=1S/C24H28N2O4S/c1-16(25-22(27)21(31)15-17-9-4-2-5-10-17)23(28)26-19(18-11-6-3-7-12-18)13-8-14-20(26)24(29)30/h2-7,9-12,16,19-21,31H,8,13-15H2,1H3,(H,25,27)(H,29,30). The van der Waals surface area contributed by atoms with Crippen LogP contribution in [-0.4, -0.2) is 45.1 Å². The molecular formula is C24H28N2O4S. The number of likely N-dealkylation sites (tertiary alicyclic amines) is 1. The van der Waals surface area contributed by atoms with E-state index in [1.54, 1.807) is 6.92 Å². The van der Waals surface area contributed by atoms with Crippen molar-refractivity contribution in [3.63, 3.8) is 0 Å². The molecule has 1 fully saturated rings. The summed E-state index contributed by atoms with van der Waals surface area (Å²) in [5.74, 6) is -1.77. The van der Waals surface area contributed by atoms with Gasteiger partial charge in [-0.3, -0.25) is 9.59 Å². The second kappa shape index (κ2) is 10.5. The van der Waals surface area contributed by atoms with E-state index >= 15 is 0 Å². The molecule has 0 spiro atoms. The van der Waals surface area contributed by atoms with Gasteiger partial charge in [0, 0.05) is 0 Å². The molecule has 1 saturated heterocycles. The predicted molar refractivity (Wildman–Crippen MR) is 122 cm³/mol. The number of carbonyl (C=O) groups excluding carboxylic acids is 2. The van der Waals surface area contributed by atoms with Crippen LogP contribution in [0.3, 0.4) is 0 Å². The van der Waals surface area contributed by atoms with Crippen LogP contribution in [0, 0.1) is 0 Å². The van der Waals surface area contributed by atoms with Crippen molar-refractivity contribution in [1.29, 1.82) is 0 Å². The van der Waals surface area contributed by atoms with E-state index in [0.29, 0.717) is 19.3 Å². The van der Waals surface area contributed by atoms with Crippen molar-refractivity contribution in [1.82, 2.24) is 10.2 Å². The second-order valence-electron chi connectivity index (χ2n) is 7.89. The smallest absolute Gasteiger partial charge is 0.326 e. The summed E-state index contributed by atoms with van der Waals surface area (Å²) in [4.78, 5) is 39.3. The fourth-order valence-corrected chi connectivity index (χ4v) is 4.36. The number of benzene rings is 2. The molecule has 6 nitrogen and oxygen atoms in total. The van der Waals surface area contributed by atoms with Crippen LogP contribution in [-0.2, 0) is 20.8 Å². The molecule has 7 heteroatoms. The van der Waals surface area contributed by atoms with Crippen LogP contribution in [0.1, 0.15) is 43.4 Å². The summed E-state index contributed by atoms with van der Waals surface area (Å²) in [6.45, 7) is 1.60. The Labute approximate surface area is 188 Å². The first-order valence-corrected chi connectivity index (χ1v) is 11.0. The topological polar surface area (TPSA) is 86.7 Å². The Morgan fingerprint density at radius 1 is 1.06 bits per heavy atom. The highest BCUT2D eigenvalue weighted by molar-refractivity contribution is 7.81. The molecule has 1 aliphatic rings. The molecule has 2 aromatic rings.